The molecule has 1 aromatic carbocycles. The molecular formula is C14H21ClN2S. The minimum absolute atomic E-state index is 0.259. The second-order valence-electron chi connectivity index (χ2n) is 5.70. The highest BCUT2D eigenvalue weighted by atomic mass is 35.5. The molecule has 0 fully saturated rings. The summed E-state index contributed by atoms with van der Waals surface area (Å²) in [7, 11) is 0. The van der Waals surface area contributed by atoms with Gasteiger partial charge in [0.05, 0.1) is 0 Å². The molecule has 100 valence electrons. The highest BCUT2D eigenvalue weighted by Gasteiger charge is 2.20. The van der Waals surface area contributed by atoms with Crippen LogP contribution < -0.4 is 11.1 Å². The molecule has 0 aliphatic heterocycles. The maximum atomic E-state index is 6.00. The SMILES string of the molecule is CC(CNc1cc(Cl)ccc1C(N)=S)C(C)(C)C. The molecule has 0 aliphatic carbocycles. The third-order valence-corrected chi connectivity index (χ3v) is 3.78. The summed E-state index contributed by atoms with van der Waals surface area (Å²) in [6, 6.07) is 5.52. The van der Waals surface area contributed by atoms with Crippen LogP contribution in [0.2, 0.25) is 5.02 Å². The van der Waals surface area contributed by atoms with Gasteiger partial charge in [0, 0.05) is 22.8 Å². The molecule has 0 bridgehead atoms. The van der Waals surface area contributed by atoms with Crippen LogP contribution in [0.15, 0.2) is 18.2 Å². The van der Waals surface area contributed by atoms with E-state index in [9.17, 15) is 0 Å². The van der Waals surface area contributed by atoms with Gasteiger partial charge in [-0.15, -0.1) is 0 Å². The molecule has 4 heteroatoms. The summed E-state index contributed by atoms with van der Waals surface area (Å²) in [5.41, 5.74) is 7.72. The lowest BCUT2D eigenvalue weighted by Gasteiger charge is -2.28. The summed E-state index contributed by atoms with van der Waals surface area (Å²) in [6.07, 6.45) is 0. The molecule has 0 saturated heterocycles. The molecule has 2 nitrogen and oxygen atoms in total. The third-order valence-electron chi connectivity index (χ3n) is 3.32. The van der Waals surface area contributed by atoms with Crippen molar-refractivity contribution in [3.05, 3.63) is 28.8 Å². The third kappa shape index (κ3) is 4.14. The van der Waals surface area contributed by atoms with Crippen LogP contribution in [-0.2, 0) is 0 Å². The number of anilines is 1. The van der Waals surface area contributed by atoms with Gasteiger partial charge < -0.3 is 11.1 Å². The van der Waals surface area contributed by atoms with E-state index in [4.69, 9.17) is 29.6 Å². The van der Waals surface area contributed by atoms with Gasteiger partial charge in [0.25, 0.3) is 0 Å². The second-order valence-corrected chi connectivity index (χ2v) is 6.58. The van der Waals surface area contributed by atoms with E-state index in [-0.39, 0.29) is 5.41 Å². The predicted octanol–water partition coefficient (Wildman–Crippen LogP) is 4.07. The first-order valence-corrected chi connectivity index (χ1v) is 6.83. The van der Waals surface area contributed by atoms with Crippen LogP contribution in [0.1, 0.15) is 33.3 Å². The molecule has 0 aliphatic rings. The summed E-state index contributed by atoms with van der Waals surface area (Å²) in [5.74, 6) is 0.524. The lowest BCUT2D eigenvalue weighted by Crippen LogP contribution is -2.25. The minimum atomic E-state index is 0.259. The van der Waals surface area contributed by atoms with E-state index >= 15 is 0 Å². The number of hydrogen-bond donors (Lipinski definition) is 2. The molecule has 1 rings (SSSR count). The van der Waals surface area contributed by atoms with Crippen molar-refractivity contribution in [1.29, 1.82) is 0 Å². The molecule has 18 heavy (non-hydrogen) atoms. The lowest BCUT2D eigenvalue weighted by atomic mass is 9.82. The fourth-order valence-electron chi connectivity index (χ4n) is 1.45. The number of thiocarbonyl (C=S) groups is 1. The van der Waals surface area contributed by atoms with Crippen LogP contribution >= 0.6 is 23.8 Å². The Morgan fingerprint density at radius 2 is 2.06 bits per heavy atom. The van der Waals surface area contributed by atoms with Gasteiger partial charge in [0.2, 0.25) is 0 Å². The Kier molecular flexibility index (Phi) is 5.00. The van der Waals surface area contributed by atoms with E-state index in [2.05, 4.69) is 33.0 Å². The molecule has 1 atom stereocenters. The van der Waals surface area contributed by atoms with E-state index in [0.717, 1.165) is 17.8 Å². The zero-order valence-electron chi connectivity index (χ0n) is 11.4. The maximum Gasteiger partial charge on any atom is 0.106 e. The summed E-state index contributed by atoms with van der Waals surface area (Å²) in [4.78, 5) is 0.387. The van der Waals surface area contributed by atoms with Gasteiger partial charge in [-0.1, -0.05) is 51.5 Å². The van der Waals surface area contributed by atoms with Crippen molar-refractivity contribution in [2.24, 2.45) is 17.1 Å². The van der Waals surface area contributed by atoms with Crippen molar-refractivity contribution in [3.63, 3.8) is 0 Å². The number of halogens is 1. The summed E-state index contributed by atoms with van der Waals surface area (Å²) in [6.45, 7) is 9.76. The largest absolute Gasteiger partial charge is 0.389 e. The molecule has 0 radical (unpaired) electrons. The van der Waals surface area contributed by atoms with Crippen LogP contribution in [0, 0.1) is 11.3 Å². The van der Waals surface area contributed by atoms with Crippen LogP contribution in [0.4, 0.5) is 5.69 Å². The van der Waals surface area contributed by atoms with E-state index in [0.29, 0.717) is 15.9 Å². The Bertz CT molecular complexity index is 438. The van der Waals surface area contributed by atoms with Gasteiger partial charge in [-0.05, 0) is 29.5 Å². The number of hydrogen-bond acceptors (Lipinski definition) is 2. The summed E-state index contributed by atoms with van der Waals surface area (Å²) in [5, 5.41) is 4.07. The monoisotopic (exact) mass is 284 g/mol. The van der Waals surface area contributed by atoms with Crippen molar-refractivity contribution >= 4 is 34.5 Å². The van der Waals surface area contributed by atoms with Crippen molar-refractivity contribution in [2.45, 2.75) is 27.7 Å². The van der Waals surface area contributed by atoms with Gasteiger partial charge in [-0.2, -0.15) is 0 Å². The fraction of sp³-hybridized carbons (Fsp3) is 0.500. The minimum Gasteiger partial charge on any atom is -0.389 e. The van der Waals surface area contributed by atoms with Gasteiger partial charge in [0.1, 0.15) is 4.99 Å². The van der Waals surface area contributed by atoms with E-state index in [1.807, 2.05) is 12.1 Å². The Balaban J connectivity index is 2.84. The molecule has 1 unspecified atom stereocenters. The molecular weight excluding hydrogens is 264 g/mol. The first kappa shape index (κ1) is 15.3. The van der Waals surface area contributed by atoms with Crippen LogP contribution in [0.3, 0.4) is 0 Å². The smallest absolute Gasteiger partial charge is 0.106 e. The van der Waals surface area contributed by atoms with E-state index in [1.54, 1.807) is 6.07 Å². The Labute approximate surface area is 120 Å². The standard InChI is InChI=1S/C14H21ClN2S/c1-9(14(2,3)4)8-17-12-7-10(15)5-6-11(12)13(16)18/h5-7,9,17H,8H2,1-4H3,(H2,16,18). The van der Waals surface area contributed by atoms with Crippen molar-refractivity contribution in [1.82, 2.24) is 0 Å². The zero-order valence-corrected chi connectivity index (χ0v) is 13.0. The molecule has 0 spiro atoms. The van der Waals surface area contributed by atoms with E-state index in [1.165, 1.54) is 0 Å². The fourth-order valence-corrected chi connectivity index (χ4v) is 1.80. The molecule has 0 aromatic heterocycles. The Hall–Kier alpha value is -0.800. The number of nitrogens with two attached hydrogens (primary N) is 1. The predicted molar refractivity (Wildman–Crippen MR) is 84.4 cm³/mol. The number of rotatable bonds is 4. The lowest BCUT2D eigenvalue weighted by molar-refractivity contribution is 0.274. The molecule has 0 amide bonds. The summed E-state index contributed by atoms with van der Waals surface area (Å²) < 4.78 is 0. The molecule has 1 aromatic rings. The van der Waals surface area contributed by atoms with Crippen molar-refractivity contribution in [3.8, 4) is 0 Å². The first-order valence-electron chi connectivity index (χ1n) is 6.05. The highest BCUT2D eigenvalue weighted by molar-refractivity contribution is 7.80. The quantitative estimate of drug-likeness (QED) is 0.819. The number of benzene rings is 1. The normalized spacial score (nSPS) is 13.2. The zero-order chi connectivity index (χ0) is 13.9. The van der Waals surface area contributed by atoms with Gasteiger partial charge in [0.15, 0.2) is 0 Å². The van der Waals surface area contributed by atoms with Gasteiger partial charge in [-0.25, -0.2) is 0 Å². The van der Waals surface area contributed by atoms with E-state index < -0.39 is 0 Å². The maximum absolute atomic E-state index is 6.00. The topological polar surface area (TPSA) is 38.0 Å². The van der Waals surface area contributed by atoms with Crippen molar-refractivity contribution < 1.29 is 0 Å². The molecule has 0 heterocycles. The van der Waals surface area contributed by atoms with Gasteiger partial charge in [-0.3, -0.25) is 0 Å². The highest BCUT2D eigenvalue weighted by Crippen LogP contribution is 2.27. The van der Waals surface area contributed by atoms with Crippen LogP contribution in [-0.4, -0.2) is 11.5 Å². The second kappa shape index (κ2) is 5.89. The van der Waals surface area contributed by atoms with Crippen LogP contribution in [0.25, 0.3) is 0 Å². The van der Waals surface area contributed by atoms with Gasteiger partial charge >= 0.3 is 0 Å². The average molecular weight is 285 g/mol. The first-order chi connectivity index (χ1) is 8.21. The average Bonchev–Trinajstić information content (AvgIpc) is 2.24. The Morgan fingerprint density at radius 1 is 1.44 bits per heavy atom. The Morgan fingerprint density at radius 3 is 2.56 bits per heavy atom. The number of nitrogens with one attached hydrogen (secondary N) is 1. The molecule has 0 saturated carbocycles. The summed E-state index contributed by atoms with van der Waals surface area (Å²) >= 11 is 11.0. The van der Waals surface area contributed by atoms with Crippen LogP contribution in [0.5, 0.6) is 0 Å². The van der Waals surface area contributed by atoms with Crippen molar-refractivity contribution in [2.75, 3.05) is 11.9 Å². The molecule has 3 N–H and O–H groups in total.